The second-order valence-electron chi connectivity index (χ2n) is 6.05. The van der Waals surface area contributed by atoms with Gasteiger partial charge in [-0.2, -0.15) is 0 Å². The molecule has 2 heterocycles. The Hall–Kier alpha value is -2.68. The highest BCUT2D eigenvalue weighted by molar-refractivity contribution is 6.27. The van der Waals surface area contributed by atoms with Gasteiger partial charge in [0.1, 0.15) is 5.82 Å². The van der Waals surface area contributed by atoms with Crippen LogP contribution in [0, 0.1) is 5.82 Å². The predicted molar refractivity (Wildman–Crippen MR) is 91.5 cm³/mol. The van der Waals surface area contributed by atoms with Crippen molar-refractivity contribution in [3.8, 4) is 0 Å². The van der Waals surface area contributed by atoms with Gasteiger partial charge in [0.25, 0.3) is 0 Å². The summed E-state index contributed by atoms with van der Waals surface area (Å²) in [5.41, 5.74) is 1.03. The molecule has 8 nitrogen and oxygen atoms in total. The van der Waals surface area contributed by atoms with Crippen molar-refractivity contribution in [3.05, 3.63) is 30.1 Å². The van der Waals surface area contributed by atoms with Crippen molar-refractivity contribution in [2.45, 2.75) is 18.9 Å². The van der Waals surface area contributed by atoms with Crippen LogP contribution < -0.4 is 10.2 Å². The molecule has 1 atom stereocenters. The summed E-state index contributed by atoms with van der Waals surface area (Å²) in [6, 6.07) is 6.58. The van der Waals surface area contributed by atoms with Crippen LogP contribution in [0.2, 0.25) is 0 Å². The van der Waals surface area contributed by atoms with Crippen LogP contribution >= 0.6 is 0 Å². The number of carboxylic acids is 2. The minimum absolute atomic E-state index is 0.0207. The molecular formula is C17H22FN3O5. The third-order valence-corrected chi connectivity index (χ3v) is 4.32. The molecule has 2 saturated heterocycles. The molecule has 0 radical (unpaired) electrons. The molecule has 1 aromatic rings. The minimum atomic E-state index is -1.82. The summed E-state index contributed by atoms with van der Waals surface area (Å²) >= 11 is 0. The average molecular weight is 367 g/mol. The molecule has 2 aliphatic heterocycles. The molecule has 0 spiro atoms. The number of nitrogens with zero attached hydrogens (tertiary/aromatic N) is 2. The van der Waals surface area contributed by atoms with Gasteiger partial charge in [0, 0.05) is 31.9 Å². The van der Waals surface area contributed by atoms with Crippen molar-refractivity contribution in [1.29, 1.82) is 0 Å². The van der Waals surface area contributed by atoms with Crippen LogP contribution in [0.4, 0.5) is 10.1 Å². The van der Waals surface area contributed by atoms with Crippen LogP contribution in [0.25, 0.3) is 0 Å². The van der Waals surface area contributed by atoms with Crippen molar-refractivity contribution < 1.29 is 29.0 Å². The lowest BCUT2D eigenvalue weighted by Crippen LogP contribution is -2.53. The minimum Gasteiger partial charge on any atom is -0.473 e. The maximum atomic E-state index is 12.9. The van der Waals surface area contributed by atoms with Crippen LogP contribution in [0.5, 0.6) is 0 Å². The highest BCUT2D eigenvalue weighted by Crippen LogP contribution is 2.18. The van der Waals surface area contributed by atoms with E-state index in [1.54, 1.807) is 12.1 Å². The first-order valence-electron chi connectivity index (χ1n) is 8.37. The Morgan fingerprint density at radius 2 is 1.58 bits per heavy atom. The van der Waals surface area contributed by atoms with Crippen LogP contribution in [0.1, 0.15) is 12.8 Å². The van der Waals surface area contributed by atoms with Gasteiger partial charge in [-0.1, -0.05) is 0 Å². The Bertz CT molecular complexity index is 626. The zero-order chi connectivity index (χ0) is 19.1. The monoisotopic (exact) mass is 367 g/mol. The Kier molecular flexibility index (Phi) is 6.90. The number of hydrogen-bond donors (Lipinski definition) is 3. The average Bonchev–Trinajstić information content (AvgIpc) is 3.17. The Labute approximate surface area is 150 Å². The first kappa shape index (κ1) is 19.6. The molecule has 0 aromatic heterocycles. The van der Waals surface area contributed by atoms with Gasteiger partial charge in [-0.05, 0) is 43.7 Å². The standard InChI is InChI=1S/C15H20FN3O.C2H2O4/c16-12-3-5-13(6-4-12)18-8-10-19(11-9-18)15(20)14-2-1-7-17-14;3-1(4)2(5)6/h3-6,14,17H,1-2,7-11H2;(H,3,4)(H,5,6)/t14-;/m0./s1. The van der Waals surface area contributed by atoms with Crippen LogP contribution in [0.3, 0.4) is 0 Å². The number of nitrogens with one attached hydrogen (secondary N) is 1. The number of carboxylic acid groups (broad SMARTS) is 2. The highest BCUT2D eigenvalue weighted by atomic mass is 19.1. The number of piperazine rings is 1. The fourth-order valence-corrected chi connectivity index (χ4v) is 2.95. The topological polar surface area (TPSA) is 110 Å². The molecular weight excluding hydrogens is 345 g/mol. The number of carbonyl (C=O) groups excluding carboxylic acids is 1. The van der Waals surface area contributed by atoms with E-state index in [4.69, 9.17) is 19.8 Å². The van der Waals surface area contributed by atoms with E-state index in [0.29, 0.717) is 0 Å². The molecule has 0 aliphatic carbocycles. The van der Waals surface area contributed by atoms with Crippen LogP contribution in [-0.4, -0.2) is 71.7 Å². The summed E-state index contributed by atoms with van der Waals surface area (Å²) in [7, 11) is 0. The lowest BCUT2D eigenvalue weighted by atomic mass is 10.1. The van der Waals surface area contributed by atoms with E-state index >= 15 is 0 Å². The number of halogens is 1. The molecule has 3 N–H and O–H groups in total. The normalized spacial score (nSPS) is 19.5. The third-order valence-electron chi connectivity index (χ3n) is 4.32. The van der Waals surface area contributed by atoms with Crippen LogP contribution in [0.15, 0.2) is 24.3 Å². The molecule has 3 rings (SSSR count). The SMILES string of the molecule is O=C(O)C(=O)O.O=C([C@@H]1CCCN1)N1CCN(c2ccc(F)cc2)CC1. The van der Waals surface area contributed by atoms with E-state index in [0.717, 1.165) is 51.3 Å². The molecule has 2 aliphatic rings. The van der Waals surface area contributed by atoms with Gasteiger partial charge in [-0.25, -0.2) is 14.0 Å². The quantitative estimate of drug-likeness (QED) is 0.648. The van der Waals surface area contributed by atoms with Crippen molar-refractivity contribution in [2.75, 3.05) is 37.6 Å². The van der Waals surface area contributed by atoms with Crippen molar-refractivity contribution in [3.63, 3.8) is 0 Å². The van der Waals surface area contributed by atoms with E-state index in [1.807, 2.05) is 4.90 Å². The number of anilines is 1. The molecule has 9 heteroatoms. The van der Waals surface area contributed by atoms with Gasteiger partial charge in [-0.15, -0.1) is 0 Å². The fraction of sp³-hybridized carbons (Fsp3) is 0.471. The van der Waals surface area contributed by atoms with Gasteiger partial charge in [0.2, 0.25) is 5.91 Å². The number of amides is 1. The Morgan fingerprint density at radius 3 is 2.04 bits per heavy atom. The zero-order valence-corrected chi connectivity index (χ0v) is 14.2. The number of rotatable bonds is 2. The summed E-state index contributed by atoms with van der Waals surface area (Å²) in [5.74, 6) is -3.62. The lowest BCUT2D eigenvalue weighted by Gasteiger charge is -2.37. The number of benzene rings is 1. The van der Waals surface area contributed by atoms with E-state index in [1.165, 1.54) is 12.1 Å². The van der Waals surface area contributed by atoms with Crippen molar-refractivity contribution >= 4 is 23.5 Å². The summed E-state index contributed by atoms with van der Waals surface area (Å²) in [6.45, 7) is 4.06. The van der Waals surface area contributed by atoms with E-state index < -0.39 is 11.9 Å². The van der Waals surface area contributed by atoms with Crippen molar-refractivity contribution in [2.24, 2.45) is 0 Å². The molecule has 26 heavy (non-hydrogen) atoms. The molecule has 1 amide bonds. The van der Waals surface area contributed by atoms with E-state index in [2.05, 4.69) is 10.2 Å². The van der Waals surface area contributed by atoms with Crippen molar-refractivity contribution in [1.82, 2.24) is 10.2 Å². The first-order valence-corrected chi connectivity index (χ1v) is 8.37. The first-order chi connectivity index (χ1) is 12.4. The summed E-state index contributed by atoms with van der Waals surface area (Å²) in [4.78, 5) is 34.6. The Morgan fingerprint density at radius 1 is 1.00 bits per heavy atom. The van der Waals surface area contributed by atoms with E-state index in [9.17, 15) is 9.18 Å². The Balaban J connectivity index is 0.000000352. The number of hydrogen-bond acceptors (Lipinski definition) is 5. The molecule has 0 bridgehead atoms. The summed E-state index contributed by atoms with van der Waals surface area (Å²) < 4.78 is 12.9. The fourth-order valence-electron chi connectivity index (χ4n) is 2.95. The molecule has 0 unspecified atom stereocenters. The highest BCUT2D eigenvalue weighted by Gasteiger charge is 2.29. The summed E-state index contributed by atoms with van der Waals surface area (Å²) in [5, 5.41) is 18.0. The molecule has 1 aromatic carbocycles. The zero-order valence-electron chi connectivity index (χ0n) is 14.2. The predicted octanol–water partition coefficient (Wildman–Crippen LogP) is 0.382. The lowest BCUT2D eigenvalue weighted by molar-refractivity contribution is -0.159. The van der Waals surface area contributed by atoms with Gasteiger partial charge in [0.05, 0.1) is 6.04 Å². The maximum absolute atomic E-state index is 12.9. The molecule has 0 saturated carbocycles. The smallest absolute Gasteiger partial charge is 0.414 e. The number of aliphatic carboxylic acids is 2. The molecule has 142 valence electrons. The summed E-state index contributed by atoms with van der Waals surface area (Å²) in [6.07, 6.45) is 2.04. The van der Waals surface area contributed by atoms with Crippen LogP contribution in [-0.2, 0) is 14.4 Å². The second kappa shape index (κ2) is 9.14. The van der Waals surface area contributed by atoms with Gasteiger partial charge in [0.15, 0.2) is 0 Å². The third kappa shape index (κ3) is 5.41. The number of carbonyl (C=O) groups is 3. The second-order valence-corrected chi connectivity index (χ2v) is 6.05. The largest absolute Gasteiger partial charge is 0.473 e. The maximum Gasteiger partial charge on any atom is 0.414 e. The van der Waals surface area contributed by atoms with Gasteiger partial charge < -0.3 is 25.3 Å². The molecule has 2 fully saturated rings. The van der Waals surface area contributed by atoms with Gasteiger partial charge >= 0.3 is 11.9 Å². The van der Waals surface area contributed by atoms with Gasteiger partial charge in [-0.3, -0.25) is 4.79 Å². The van der Waals surface area contributed by atoms with E-state index in [-0.39, 0.29) is 17.8 Å².